The molecule has 0 fully saturated rings. The largest absolute Gasteiger partial charge is 0.379 e. The minimum atomic E-state index is 0.0722. The highest BCUT2D eigenvalue weighted by Crippen LogP contribution is 2.32. The van der Waals surface area contributed by atoms with Crippen LogP contribution in [0.25, 0.3) is 5.57 Å². The summed E-state index contributed by atoms with van der Waals surface area (Å²) in [6.45, 7) is 0. The lowest BCUT2D eigenvalue weighted by Gasteiger charge is -2.29. The Kier molecular flexibility index (Phi) is 3.19. The van der Waals surface area contributed by atoms with Crippen LogP contribution in [-0.2, 0) is 0 Å². The van der Waals surface area contributed by atoms with Gasteiger partial charge in [-0.3, -0.25) is 5.84 Å². The lowest BCUT2D eigenvalue weighted by atomic mass is 9.89. The van der Waals surface area contributed by atoms with E-state index in [0.29, 0.717) is 0 Å². The topological polar surface area (TPSA) is 50.1 Å². The third-order valence-electron chi connectivity index (χ3n) is 3.35. The number of thiol groups is 1. The van der Waals surface area contributed by atoms with Crippen LogP contribution in [0.2, 0.25) is 0 Å². The third-order valence-corrected chi connectivity index (χ3v) is 3.74. The molecule has 1 aliphatic carbocycles. The molecule has 0 spiro atoms. The van der Waals surface area contributed by atoms with E-state index in [1.807, 2.05) is 36.5 Å². The van der Waals surface area contributed by atoms with Gasteiger partial charge in [-0.05, 0) is 29.5 Å². The summed E-state index contributed by atoms with van der Waals surface area (Å²) in [7, 11) is 0. The molecular weight excluding hydrogens is 254 g/mol. The van der Waals surface area contributed by atoms with E-state index >= 15 is 0 Å². The van der Waals surface area contributed by atoms with Crippen LogP contribution in [0.15, 0.2) is 70.9 Å². The first kappa shape index (κ1) is 12.1. The highest BCUT2D eigenvalue weighted by Gasteiger charge is 2.24. The van der Waals surface area contributed by atoms with Crippen molar-refractivity contribution >= 4 is 18.2 Å². The maximum Gasteiger partial charge on any atom is 0.0930 e. The molecule has 3 rings (SSSR count). The lowest BCUT2D eigenvalue weighted by molar-refractivity contribution is 0.681. The van der Waals surface area contributed by atoms with Gasteiger partial charge in [0.2, 0.25) is 0 Å². The summed E-state index contributed by atoms with van der Waals surface area (Å²) in [6, 6.07) is 8.08. The van der Waals surface area contributed by atoms with Crippen LogP contribution in [0.5, 0.6) is 0 Å². The summed E-state index contributed by atoms with van der Waals surface area (Å²) in [5, 5.41) is 3.32. The number of fused-ring (bicyclic) bond motifs is 1. The number of nitrogens with two attached hydrogens (primary N) is 1. The number of rotatable bonds is 2. The smallest absolute Gasteiger partial charge is 0.0930 e. The third kappa shape index (κ3) is 2.09. The molecule has 4 heteroatoms. The number of hydrazine groups is 1. The van der Waals surface area contributed by atoms with E-state index in [-0.39, 0.29) is 6.04 Å². The summed E-state index contributed by atoms with van der Waals surface area (Å²) in [4.78, 5) is 0.939. The molecule has 96 valence electrons. The standard InChI is InChI=1S/C15H15N3S/c16-18-15-12(11-5-1-2-6-13(11)19)8-7-10-4-3-9-17-14(10)15/h1-9,14,17-19H,16H2. The Balaban J connectivity index is 2.12. The van der Waals surface area contributed by atoms with Gasteiger partial charge in [0.25, 0.3) is 0 Å². The Labute approximate surface area is 118 Å². The van der Waals surface area contributed by atoms with Crippen molar-refractivity contribution in [3.05, 3.63) is 71.6 Å². The molecule has 1 atom stereocenters. The number of nitrogens with one attached hydrogen (secondary N) is 2. The van der Waals surface area contributed by atoms with Crippen LogP contribution in [-0.4, -0.2) is 6.04 Å². The van der Waals surface area contributed by atoms with Crippen LogP contribution in [0, 0.1) is 0 Å². The highest BCUT2D eigenvalue weighted by atomic mass is 32.1. The van der Waals surface area contributed by atoms with Crippen LogP contribution in [0.1, 0.15) is 5.56 Å². The molecule has 19 heavy (non-hydrogen) atoms. The normalized spacial score (nSPS) is 20.7. The van der Waals surface area contributed by atoms with Crippen LogP contribution in [0.3, 0.4) is 0 Å². The lowest BCUT2D eigenvalue weighted by Crippen LogP contribution is -2.40. The van der Waals surface area contributed by atoms with Crippen LogP contribution < -0.4 is 16.6 Å². The van der Waals surface area contributed by atoms with E-state index in [1.54, 1.807) is 0 Å². The second-order valence-electron chi connectivity index (χ2n) is 4.45. The van der Waals surface area contributed by atoms with Gasteiger partial charge in [0.05, 0.1) is 11.7 Å². The average Bonchev–Trinajstić information content (AvgIpc) is 2.46. The first-order valence-corrected chi connectivity index (χ1v) is 6.56. The second kappa shape index (κ2) is 4.99. The first-order chi connectivity index (χ1) is 9.31. The minimum Gasteiger partial charge on any atom is -0.379 e. The highest BCUT2D eigenvalue weighted by molar-refractivity contribution is 7.80. The molecule has 1 aliphatic heterocycles. The van der Waals surface area contributed by atoms with Gasteiger partial charge in [0, 0.05) is 10.5 Å². The Bertz CT molecular complexity index is 626. The minimum absolute atomic E-state index is 0.0722. The fourth-order valence-electron chi connectivity index (χ4n) is 2.43. The van der Waals surface area contributed by atoms with Gasteiger partial charge >= 0.3 is 0 Å². The summed E-state index contributed by atoms with van der Waals surface area (Å²) in [6.07, 6.45) is 10.2. The van der Waals surface area contributed by atoms with Crippen LogP contribution in [0.4, 0.5) is 0 Å². The van der Waals surface area contributed by atoms with E-state index in [9.17, 15) is 0 Å². The van der Waals surface area contributed by atoms with Crippen LogP contribution >= 0.6 is 12.6 Å². The fraction of sp³-hybridized carbons (Fsp3) is 0.0667. The maximum atomic E-state index is 5.73. The monoisotopic (exact) mass is 269 g/mol. The molecule has 1 aromatic carbocycles. The van der Waals surface area contributed by atoms with E-state index in [0.717, 1.165) is 21.7 Å². The van der Waals surface area contributed by atoms with Crippen molar-refractivity contribution in [3.63, 3.8) is 0 Å². The van der Waals surface area contributed by atoms with E-state index < -0.39 is 0 Å². The van der Waals surface area contributed by atoms with E-state index in [2.05, 4.69) is 41.6 Å². The molecule has 0 saturated carbocycles. The van der Waals surface area contributed by atoms with Crippen molar-refractivity contribution in [2.45, 2.75) is 10.9 Å². The Morgan fingerprint density at radius 3 is 2.84 bits per heavy atom. The van der Waals surface area contributed by atoms with Crippen molar-refractivity contribution in [2.24, 2.45) is 5.84 Å². The van der Waals surface area contributed by atoms with Gasteiger partial charge < -0.3 is 10.7 Å². The van der Waals surface area contributed by atoms with E-state index in [1.165, 1.54) is 5.57 Å². The number of hydrogen-bond donors (Lipinski definition) is 4. The molecule has 0 saturated heterocycles. The van der Waals surface area contributed by atoms with E-state index in [4.69, 9.17) is 5.84 Å². The number of hydrogen-bond acceptors (Lipinski definition) is 4. The maximum absolute atomic E-state index is 5.73. The van der Waals surface area contributed by atoms with Crippen molar-refractivity contribution in [2.75, 3.05) is 0 Å². The summed E-state index contributed by atoms with van der Waals surface area (Å²) in [5.74, 6) is 5.73. The fourth-order valence-corrected chi connectivity index (χ4v) is 2.71. The SMILES string of the molecule is NNC1=C(c2ccccc2S)C=CC2=CC=CNC21. The molecule has 4 N–H and O–H groups in total. The Hall–Kier alpha value is -1.91. The number of dihydropyridines is 1. The predicted octanol–water partition coefficient (Wildman–Crippen LogP) is 2.13. The van der Waals surface area contributed by atoms with Crippen molar-refractivity contribution < 1.29 is 0 Å². The first-order valence-electron chi connectivity index (χ1n) is 6.11. The van der Waals surface area contributed by atoms with Gasteiger partial charge in [0.1, 0.15) is 0 Å². The van der Waals surface area contributed by atoms with Gasteiger partial charge in [-0.25, -0.2) is 0 Å². The molecule has 0 amide bonds. The van der Waals surface area contributed by atoms with Gasteiger partial charge in [-0.15, -0.1) is 12.6 Å². The molecule has 0 aromatic heterocycles. The van der Waals surface area contributed by atoms with Crippen molar-refractivity contribution in [1.29, 1.82) is 0 Å². The average molecular weight is 269 g/mol. The van der Waals surface area contributed by atoms with Gasteiger partial charge in [-0.2, -0.15) is 0 Å². The number of benzene rings is 1. The van der Waals surface area contributed by atoms with Crippen molar-refractivity contribution in [3.8, 4) is 0 Å². The zero-order valence-electron chi connectivity index (χ0n) is 10.3. The molecule has 1 aromatic rings. The molecule has 1 heterocycles. The zero-order chi connectivity index (χ0) is 13.2. The predicted molar refractivity (Wildman–Crippen MR) is 81.2 cm³/mol. The molecular formula is C15H15N3S. The van der Waals surface area contributed by atoms with Gasteiger partial charge in [0.15, 0.2) is 0 Å². The molecule has 0 radical (unpaired) electrons. The Morgan fingerprint density at radius 1 is 1.21 bits per heavy atom. The second-order valence-corrected chi connectivity index (χ2v) is 4.93. The molecule has 0 bridgehead atoms. The summed E-state index contributed by atoms with van der Waals surface area (Å²) < 4.78 is 0. The molecule has 2 aliphatic rings. The zero-order valence-corrected chi connectivity index (χ0v) is 11.2. The number of allylic oxidation sites excluding steroid dienone is 4. The summed E-state index contributed by atoms with van der Waals surface area (Å²) in [5.41, 5.74) is 7.13. The molecule has 1 unspecified atom stereocenters. The Morgan fingerprint density at radius 2 is 2.05 bits per heavy atom. The van der Waals surface area contributed by atoms with Crippen molar-refractivity contribution in [1.82, 2.24) is 10.7 Å². The quantitative estimate of drug-likeness (QED) is 0.378. The van der Waals surface area contributed by atoms with Gasteiger partial charge in [-0.1, -0.05) is 36.4 Å². The summed E-state index contributed by atoms with van der Waals surface area (Å²) >= 11 is 4.52. The molecule has 3 nitrogen and oxygen atoms in total.